The van der Waals surface area contributed by atoms with Crippen LogP contribution >= 0.6 is 0 Å². The number of aryl methyl sites for hydroxylation is 2. The number of rotatable bonds is 4. The summed E-state index contributed by atoms with van der Waals surface area (Å²) in [6, 6.07) is 9.20. The molecule has 0 atom stereocenters. The number of ether oxygens (including phenoxy) is 2. The summed E-state index contributed by atoms with van der Waals surface area (Å²) in [5.41, 5.74) is 3.17. The van der Waals surface area contributed by atoms with Gasteiger partial charge in [0.25, 0.3) is 0 Å². The van der Waals surface area contributed by atoms with Crippen LogP contribution in [0.15, 0.2) is 36.4 Å². The molecule has 0 spiro atoms. The lowest BCUT2D eigenvalue weighted by Crippen LogP contribution is -2.18. The van der Waals surface area contributed by atoms with Crippen molar-refractivity contribution < 1.29 is 18.7 Å². The van der Waals surface area contributed by atoms with Crippen molar-refractivity contribution in [2.75, 3.05) is 6.61 Å². The Kier molecular flexibility index (Phi) is 4.58. The molecule has 0 aliphatic rings. The predicted octanol–water partition coefficient (Wildman–Crippen LogP) is 3.74. The van der Waals surface area contributed by atoms with E-state index in [2.05, 4.69) is 6.07 Å². The van der Waals surface area contributed by atoms with E-state index < -0.39 is 5.97 Å². The van der Waals surface area contributed by atoms with Crippen LogP contribution in [0.25, 0.3) is 0 Å². The monoisotopic (exact) mass is 288 g/mol. The highest BCUT2D eigenvalue weighted by Crippen LogP contribution is 2.23. The number of halogens is 1. The molecule has 0 aromatic heterocycles. The van der Waals surface area contributed by atoms with Gasteiger partial charge in [0, 0.05) is 0 Å². The fraction of sp³-hybridized carbons (Fsp3) is 0.235. The van der Waals surface area contributed by atoms with Gasteiger partial charge in [0.15, 0.2) is 6.61 Å². The van der Waals surface area contributed by atoms with Gasteiger partial charge in [-0.15, -0.1) is 0 Å². The first-order chi connectivity index (χ1) is 9.95. The van der Waals surface area contributed by atoms with E-state index in [9.17, 15) is 9.18 Å². The number of benzene rings is 2. The first-order valence-corrected chi connectivity index (χ1v) is 6.62. The number of hydrogen-bond donors (Lipinski definition) is 0. The summed E-state index contributed by atoms with van der Waals surface area (Å²) in [6.45, 7) is 5.71. The summed E-state index contributed by atoms with van der Waals surface area (Å²) >= 11 is 0. The van der Waals surface area contributed by atoms with E-state index in [0.29, 0.717) is 11.5 Å². The van der Waals surface area contributed by atoms with Gasteiger partial charge in [0.1, 0.15) is 17.3 Å². The van der Waals surface area contributed by atoms with Crippen LogP contribution in [0.5, 0.6) is 11.5 Å². The van der Waals surface area contributed by atoms with E-state index in [0.717, 1.165) is 16.7 Å². The van der Waals surface area contributed by atoms with Crippen LogP contribution in [0.3, 0.4) is 0 Å². The summed E-state index contributed by atoms with van der Waals surface area (Å²) < 4.78 is 23.3. The van der Waals surface area contributed by atoms with Crippen molar-refractivity contribution in [3.8, 4) is 11.5 Å². The normalized spacial score (nSPS) is 10.3. The summed E-state index contributed by atoms with van der Waals surface area (Å²) in [5.74, 6) is 0.0581. The third-order valence-electron chi connectivity index (χ3n) is 3.15. The Bertz CT molecular complexity index is 648. The van der Waals surface area contributed by atoms with Crippen LogP contribution in [0.2, 0.25) is 0 Å². The molecular formula is C17H17FO3. The molecule has 0 saturated carbocycles. The van der Waals surface area contributed by atoms with Crippen LogP contribution in [0.4, 0.5) is 4.39 Å². The maximum atomic E-state index is 12.7. The topological polar surface area (TPSA) is 35.5 Å². The van der Waals surface area contributed by atoms with Gasteiger partial charge in [-0.3, -0.25) is 0 Å². The van der Waals surface area contributed by atoms with E-state index in [4.69, 9.17) is 9.47 Å². The van der Waals surface area contributed by atoms with Gasteiger partial charge in [-0.25, -0.2) is 9.18 Å². The maximum absolute atomic E-state index is 12.7. The highest BCUT2D eigenvalue weighted by Gasteiger charge is 2.09. The van der Waals surface area contributed by atoms with E-state index >= 15 is 0 Å². The van der Waals surface area contributed by atoms with Crippen LogP contribution in [0.1, 0.15) is 16.7 Å². The lowest BCUT2D eigenvalue weighted by Gasteiger charge is -2.12. The Morgan fingerprint density at radius 2 is 1.76 bits per heavy atom. The molecule has 4 heteroatoms. The Morgan fingerprint density at radius 3 is 2.43 bits per heavy atom. The molecule has 0 saturated heterocycles. The maximum Gasteiger partial charge on any atom is 0.349 e. The molecule has 110 valence electrons. The Balaban J connectivity index is 1.97. The standard InChI is InChI=1S/C17H17FO3/c1-11-8-12(2)13(3)16(9-11)20-10-17(19)21-15-6-4-14(18)5-7-15/h4-9H,10H2,1-3H3. The van der Waals surface area contributed by atoms with Gasteiger partial charge in [-0.05, 0) is 67.8 Å². The zero-order chi connectivity index (χ0) is 15.4. The summed E-state index contributed by atoms with van der Waals surface area (Å²) in [6.07, 6.45) is 0. The molecule has 0 unspecified atom stereocenters. The molecule has 0 aliphatic carbocycles. The number of carbonyl (C=O) groups excluding carboxylic acids is 1. The highest BCUT2D eigenvalue weighted by molar-refractivity contribution is 5.74. The Hall–Kier alpha value is -2.36. The summed E-state index contributed by atoms with van der Waals surface area (Å²) in [4.78, 5) is 11.7. The first kappa shape index (κ1) is 15.0. The van der Waals surface area contributed by atoms with Gasteiger partial charge in [-0.2, -0.15) is 0 Å². The van der Waals surface area contributed by atoms with Crippen LogP contribution in [-0.4, -0.2) is 12.6 Å². The highest BCUT2D eigenvalue weighted by atomic mass is 19.1. The second kappa shape index (κ2) is 6.39. The number of carbonyl (C=O) groups is 1. The summed E-state index contributed by atoms with van der Waals surface area (Å²) in [5, 5.41) is 0. The molecule has 2 aromatic carbocycles. The van der Waals surface area contributed by atoms with Gasteiger partial charge in [0.2, 0.25) is 0 Å². The van der Waals surface area contributed by atoms with E-state index in [1.54, 1.807) is 0 Å². The Labute approximate surface area is 123 Å². The summed E-state index contributed by atoms with van der Waals surface area (Å²) in [7, 11) is 0. The Morgan fingerprint density at radius 1 is 1.10 bits per heavy atom. The minimum Gasteiger partial charge on any atom is -0.482 e. The largest absolute Gasteiger partial charge is 0.482 e. The third kappa shape index (κ3) is 4.05. The second-order valence-corrected chi connectivity index (χ2v) is 4.92. The minimum atomic E-state index is -0.528. The molecular weight excluding hydrogens is 271 g/mol. The molecule has 0 N–H and O–H groups in total. The fourth-order valence-electron chi connectivity index (χ4n) is 1.95. The van der Waals surface area contributed by atoms with Crippen molar-refractivity contribution in [1.82, 2.24) is 0 Å². The van der Waals surface area contributed by atoms with E-state index in [1.165, 1.54) is 24.3 Å². The zero-order valence-corrected chi connectivity index (χ0v) is 12.3. The lowest BCUT2D eigenvalue weighted by atomic mass is 10.1. The van der Waals surface area contributed by atoms with Crippen molar-refractivity contribution in [3.05, 3.63) is 58.9 Å². The second-order valence-electron chi connectivity index (χ2n) is 4.92. The smallest absolute Gasteiger partial charge is 0.349 e. The molecule has 0 fully saturated rings. The molecule has 21 heavy (non-hydrogen) atoms. The van der Waals surface area contributed by atoms with Gasteiger partial charge < -0.3 is 9.47 Å². The molecule has 0 bridgehead atoms. The third-order valence-corrected chi connectivity index (χ3v) is 3.15. The number of hydrogen-bond acceptors (Lipinski definition) is 3. The average molecular weight is 288 g/mol. The predicted molar refractivity (Wildman–Crippen MR) is 78.2 cm³/mol. The minimum absolute atomic E-state index is 0.193. The van der Waals surface area contributed by atoms with Crippen molar-refractivity contribution in [2.24, 2.45) is 0 Å². The SMILES string of the molecule is Cc1cc(C)c(C)c(OCC(=O)Oc2ccc(F)cc2)c1. The van der Waals surface area contributed by atoms with Crippen LogP contribution < -0.4 is 9.47 Å². The molecule has 0 heterocycles. The van der Waals surface area contributed by atoms with E-state index in [1.807, 2.05) is 26.8 Å². The van der Waals surface area contributed by atoms with Gasteiger partial charge in [-0.1, -0.05) is 6.07 Å². The molecule has 0 amide bonds. The van der Waals surface area contributed by atoms with E-state index in [-0.39, 0.29) is 12.4 Å². The zero-order valence-electron chi connectivity index (χ0n) is 12.3. The molecule has 2 rings (SSSR count). The molecule has 0 radical (unpaired) electrons. The van der Waals surface area contributed by atoms with Crippen molar-refractivity contribution >= 4 is 5.97 Å². The molecule has 0 aliphatic heterocycles. The van der Waals surface area contributed by atoms with Crippen molar-refractivity contribution in [3.63, 3.8) is 0 Å². The fourth-order valence-corrected chi connectivity index (χ4v) is 1.95. The lowest BCUT2D eigenvalue weighted by molar-refractivity contribution is -0.136. The van der Waals surface area contributed by atoms with Crippen LogP contribution in [0, 0.1) is 26.6 Å². The molecule has 2 aromatic rings. The quantitative estimate of drug-likeness (QED) is 0.635. The molecule has 3 nitrogen and oxygen atoms in total. The van der Waals surface area contributed by atoms with Crippen molar-refractivity contribution in [1.29, 1.82) is 0 Å². The van der Waals surface area contributed by atoms with Gasteiger partial charge in [0.05, 0.1) is 0 Å². The number of esters is 1. The first-order valence-electron chi connectivity index (χ1n) is 6.62. The van der Waals surface area contributed by atoms with Crippen LogP contribution in [-0.2, 0) is 4.79 Å². The van der Waals surface area contributed by atoms with Gasteiger partial charge >= 0.3 is 5.97 Å². The average Bonchev–Trinajstić information content (AvgIpc) is 2.44. The van der Waals surface area contributed by atoms with Crippen molar-refractivity contribution in [2.45, 2.75) is 20.8 Å².